The Hall–Kier alpha value is -1.92. The van der Waals surface area contributed by atoms with E-state index in [2.05, 4.69) is 31.4 Å². The fraction of sp³-hybridized carbons (Fsp3) is 0.579. The molecule has 2 N–H and O–H groups in total. The minimum absolute atomic E-state index is 0.0429. The summed E-state index contributed by atoms with van der Waals surface area (Å²) in [7, 11) is 1.35. The van der Waals surface area contributed by atoms with E-state index in [0.29, 0.717) is 13.2 Å². The lowest BCUT2D eigenvalue weighted by molar-refractivity contribution is -0.142. The lowest BCUT2D eigenvalue weighted by Crippen LogP contribution is -2.48. The summed E-state index contributed by atoms with van der Waals surface area (Å²) < 4.78 is 10.3. The fourth-order valence-electron chi connectivity index (χ4n) is 2.72. The van der Waals surface area contributed by atoms with Gasteiger partial charge in [-0.05, 0) is 16.5 Å². The van der Waals surface area contributed by atoms with Gasteiger partial charge < -0.3 is 20.1 Å². The number of hydrogen-bond acceptors (Lipinski definition) is 5. The third-order valence-electron chi connectivity index (χ3n) is 4.31. The minimum Gasteiger partial charge on any atom is -0.469 e. The van der Waals surface area contributed by atoms with E-state index in [-0.39, 0.29) is 23.7 Å². The van der Waals surface area contributed by atoms with Crippen LogP contribution in [-0.4, -0.2) is 44.8 Å². The summed E-state index contributed by atoms with van der Waals surface area (Å²) in [6.07, 6.45) is -0.459. The van der Waals surface area contributed by atoms with Gasteiger partial charge in [-0.3, -0.25) is 9.59 Å². The van der Waals surface area contributed by atoms with E-state index in [9.17, 15) is 9.59 Å². The molecule has 0 radical (unpaired) electrons. The number of ether oxygens (including phenoxy) is 2. The highest BCUT2D eigenvalue weighted by Gasteiger charge is 2.26. The molecule has 25 heavy (non-hydrogen) atoms. The molecule has 6 heteroatoms. The Labute approximate surface area is 149 Å². The molecular formula is C19H28N2O4. The predicted molar refractivity (Wildman–Crippen MR) is 95.3 cm³/mol. The molecule has 138 valence electrons. The van der Waals surface area contributed by atoms with Crippen LogP contribution in [0.1, 0.15) is 44.4 Å². The lowest BCUT2D eigenvalue weighted by atomic mass is 9.86. The summed E-state index contributed by atoms with van der Waals surface area (Å²) in [6.45, 7) is 8.14. The molecule has 0 saturated carbocycles. The van der Waals surface area contributed by atoms with E-state index >= 15 is 0 Å². The minimum atomic E-state index is -0.539. The van der Waals surface area contributed by atoms with Gasteiger partial charge in [0.05, 0.1) is 26.2 Å². The molecule has 0 spiro atoms. The Bertz CT molecular complexity index is 586. The molecule has 2 rings (SSSR count). The van der Waals surface area contributed by atoms with E-state index in [0.717, 1.165) is 12.1 Å². The summed E-state index contributed by atoms with van der Waals surface area (Å²) in [5, 5.41) is 6.05. The number of carbonyl (C=O) groups is 2. The summed E-state index contributed by atoms with van der Waals surface area (Å²) in [5.41, 5.74) is 2.11. The molecule has 1 fully saturated rings. The van der Waals surface area contributed by atoms with Crippen molar-refractivity contribution in [2.24, 2.45) is 0 Å². The Morgan fingerprint density at radius 3 is 2.52 bits per heavy atom. The molecule has 1 saturated heterocycles. The monoisotopic (exact) mass is 348 g/mol. The van der Waals surface area contributed by atoms with Crippen molar-refractivity contribution in [2.75, 3.05) is 26.8 Å². The second-order valence-corrected chi connectivity index (χ2v) is 7.28. The van der Waals surface area contributed by atoms with Crippen LogP contribution in [0.2, 0.25) is 0 Å². The lowest BCUT2D eigenvalue weighted by Gasteiger charge is -2.26. The van der Waals surface area contributed by atoms with Crippen molar-refractivity contribution < 1.29 is 19.1 Å². The standard InChI is InChI=1S/C19H28N2O4/c1-19(2,3)14-7-5-13(6-8-14)15(11-17(22)24-4)21-18(23)16-12-20-9-10-25-16/h5-8,15-16,20H,9-12H2,1-4H3,(H,21,23). The second kappa shape index (κ2) is 8.45. The predicted octanol–water partition coefficient (Wildman–Crippen LogP) is 1.69. The molecule has 1 heterocycles. The maximum absolute atomic E-state index is 12.4. The molecule has 1 aliphatic heterocycles. The molecule has 1 aromatic rings. The Morgan fingerprint density at radius 2 is 2.00 bits per heavy atom. The number of benzene rings is 1. The normalized spacial score (nSPS) is 19.1. The van der Waals surface area contributed by atoms with Gasteiger partial charge in [-0.25, -0.2) is 0 Å². The smallest absolute Gasteiger partial charge is 0.307 e. The molecule has 0 aliphatic carbocycles. The van der Waals surface area contributed by atoms with Gasteiger partial charge in [0.25, 0.3) is 5.91 Å². The van der Waals surface area contributed by atoms with Crippen molar-refractivity contribution >= 4 is 11.9 Å². The van der Waals surface area contributed by atoms with Crippen LogP contribution in [0.15, 0.2) is 24.3 Å². The van der Waals surface area contributed by atoms with Crippen LogP contribution < -0.4 is 10.6 Å². The zero-order valence-electron chi connectivity index (χ0n) is 15.4. The van der Waals surface area contributed by atoms with Gasteiger partial charge in [0.1, 0.15) is 6.10 Å². The first-order valence-electron chi connectivity index (χ1n) is 8.61. The number of nitrogens with one attached hydrogen (secondary N) is 2. The van der Waals surface area contributed by atoms with Crippen LogP contribution in [0.3, 0.4) is 0 Å². The number of hydrogen-bond donors (Lipinski definition) is 2. The quantitative estimate of drug-likeness (QED) is 0.792. The number of carbonyl (C=O) groups excluding carboxylic acids is 2. The van der Waals surface area contributed by atoms with Crippen LogP contribution in [0.25, 0.3) is 0 Å². The SMILES string of the molecule is COC(=O)CC(NC(=O)C1CNCCO1)c1ccc(C(C)(C)C)cc1. The highest BCUT2D eigenvalue weighted by atomic mass is 16.5. The van der Waals surface area contributed by atoms with E-state index < -0.39 is 12.1 Å². The summed E-state index contributed by atoms with van der Waals surface area (Å²) in [6, 6.07) is 7.53. The van der Waals surface area contributed by atoms with Gasteiger partial charge in [-0.2, -0.15) is 0 Å². The highest BCUT2D eigenvalue weighted by molar-refractivity contribution is 5.82. The van der Waals surface area contributed by atoms with Crippen LogP contribution in [0.5, 0.6) is 0 Å². The summed E-state index contributed by atoms with van der Waals surface area (Å²) >= 11 is 0. The molecule has 1 aliphatic rings. The van der Waals surface area contributed by atoms with E-state index in [1.165, 1.54) is 12.7 Å². The van der Waals surface area contributed by atoms with Crippen molar-refractivity contribution in [3.8, 4) is 0 Å². The average molecular weight is 348 g/mol. The maximum atomic E-state index is 12.4. The number of morpholine rings is 1. The first kappa shape index (κ1) is 19.4. The highest BCUT2D eigenvalue weighted by Crippen LogP contribution is 2.25. The molecule has 0 aromatic heterocycles. The summed E-state index contributed by atoms with van der Waals surface area (Å²) in [4.78, 5) is 24.2. The fourth-order valence-corrected chi connectivity index (χ4v) is 2.72. The largest absolute Gasteiger partial charge is 0.469 e. The number of methoxy groups -OCH3 is 1. The van der Waals surface area contributed by atoms with E-state index in [1.54, 1.807) is 0 Å². The molecule has 1 aromatic carbocycles. The number of amides is 1. The number of esters is 1. The van der Waals surface area contributed by atoms with Crippen molar-refractivity contribution in [1.29, 1.82) is 0 Å². The average Bonchev–Trinajstić information content (AvgIpc) is 2.61. The second-order valence-electron chi connectivity index (χ2n) is 7.28. The first-order chi connectivity index (χ1) is 11.8. The Kier molecular flexibility index (Phi) is 6.56. The molecule has 1 amide bonds. The molecular weight excluding hydrogens is 320 g/mol. The van der Waals surface area contributed by atoms with Crippen LogP contribution >= 0.6 is 0 Å². The Balaban J connectivity index is 2.14. The van der Waals surface area contributed by atoms with Gasteiger partial charge in [-0.15, -0.1) is 0 Å². The van der Waals surface area contributed by atoms with Crippen molar-refractivity contribution in [3.63, 3.8) is 0 Å². The third-order valence-corrected chi connectivity index (χ3v) is 4.31. The van der Waals surface area contributed by atoms with Crippen LogP contribution in [-0.2, 0) is 24.5 Å². The molecule has 6 nitrogen and oxygen atoms in total. The number of rotatable bonds is 5. The van der Waals surface area contributed by atoms with Gasteiger partial charge in [0, 0.05) is 13.1 Å². The van der Waals surface area contributed by atoms with Crippen molar-refractivity contribution in [1.82, 2.24) is 10.6 Å². The van der Waals surface area contributed by atoms with Crippen LogP contribution in [0, 0.1) is 0 Å². The molecule has 2 unspecified atom stereocenters. The van der Waals surface area contributed by atoms with Gasteiger partial charge >= 0.3 is 5.97 Å². The zero-order chi connectivity index (χ0) is 18.4. The van der Waals surface area contributed by atoms with Gasteiger partial charge in [0.2, 0.25) is 0 Å². The topological polar surface area (TPSA) is 76.7 Å². The first-order valence-corrected chi connectivity index (χ1v) is 8.61. The maximum Gasteiger partial charge on any atom is 0.307 e. The van der Waals surface area contributed by atoms with E-state index in [4.69, 9.17) is 9.47 Å². The van der Waals surface area contributed by atoms with Gasteiger partial charge in [-0.1, -0.05) is 45.0 Å². The molecule has 2 atom stereocenters. The molecule has 0 bridgehead atoms. The third kappa shape index (κ3) is 5.54. The zero-order valence-corrected chi connectivity index (χ0v) is 15.4. The van der Waals surface area contributed by atoms with Crippen LogP contribution in [0.4, 0.5) is 0 Å². The van der Waals surface area contributed by atoms with E-state index in [1.807, 2.05) is 24.3 Å². The van der Waals surface area contributed by atoms with Crippen molar-refractivity contribution in [3.05, 3.63) is 35.4 Å². The van der Waals surface area contributed by atoms with Crippen molar-refractivity contribution in [2.45, 2.75) is 44.8 Å². The Morgan fingerprint density at radius 1 is 1.32 bits per heavy atom. The van der Waals surface area contributed by atoms with Gasteiger partial charge in [0.15, 0.2) is 0 Å². The summed E-state index contributed by atoms with van der Waals surface area (Å²) in [5.74, 6) is -0.589.